The van der Waals surface area contributed by atoms with Gasteiger partial charge < -0.3 is 15.2 Å². The minimum absolute atomic E-state index is 0.0424. The number of amides is 2. The molecule has 2 amide bonds. The molecule has 2 aliphatic heterocycles. The molecule has 1 aromatic heterocycles. The molecule has 0 bridgehead atoms. The van der Waals surface area contributed by atoms with E-state index in [4.69, 9.17) is 4.74 Å². The summed E-state index contributed by atoms with van der Waals surface area (Å²) in [6, 6.07) is 3.14. The number of ether oxygens (including phenoxy) is 1. The molecular formula is C20H27BrN4O4. The van der Waals surface area contributed by atoms with Crippen molar-refractivity contribution in [3.63, 3.8) is 0 Å². The minimum Gasteiger partial charge on any atom is -0.465 e. The van der Waals surface area contributed by atoms with Crippen LogP contribution < -0.4 is 5.32 Å². The maximum atomic E-state index is 12.9. The smallest absolute Gasteiger partial charge is 0.408 e. The summed E-state index contributed by atoms with van der Waals surface area (Å²) in [5, 5.41) is 12.5. The third-order valence-electron chi connectivity index (χ3n) is 6.37. The predicted octanol–water partition coefficient (Wildman–Crippen LogP) is 2.58. The van der Waals surface area contributed by atoms with Crippen LogP contribution in [0.4, 0.5) is 10.6 Å². The first kappa shape index (κ1) is 20.6. The first-order valence-electron chi connectivity index (χ1n) is 10.1. The van der Waals surface area contributed by atoms with Crippen LogP contribution in [0, 0.1) is 5.41 Å². The van der Waals surface area contributed by atoms with Crippen molar-refractivity contribution in [1.82, 2.24) is 14.8 Å². The Morgan fingerprint density at radius 2 is 2.10 bits per heavy atom. The highest BCUT2D eigenvalue weighted by atomic mass is 79.9. The molecule has 8 nitrogen and oxygen atoms in total. The number of piperidine rings is 1. The van der Waals surface area contributed by atoms with Crippen LogP contribution >= 0.6 is 15.9 Å². The number of likely N-dealkylation sites (tertiary alicyclic amines) is 1. The van der Waals surface area contributed by atoms with Crippen LogP contribution in [0.1, 0.15) is 31.7 Å². The Kier molecular flexibility index (Phi) is 5.81. The van der Waals surface area contributed by atoms with Crippen LogP contribution in [0.15, 0.2) is 16.7 Å². The summed E-state index contributed by atoms with van der Waals surface area (Å²) in [7, 11) is 0. The van der Waals surface area contributed by atoms with Crippen molar-refractivity contribution in [2.75, 3.05) is 38.2 Å². The lowest BCUT2D eigenvalue weighted by molar-refractivity contribution is -0.120. The van der Waals surface area contributed by atoms with E-state index in [1.54, 1.807) is 0 Å². The molecule has 3 atom stereocenters. The van der Waals surface area contributed by atoms with Crippen LogP contribution in [0.3, 0.4) is 0 Å². The van der Waals surface area contributed by atoms with Gasteiger partial charge in [0.1, 0.15) is 16.5 Å². The number of fused-ring (bicyclic) bond motifs is 1. The van der Waals surface area contributed by atoms with E-state index in [-0.39, 0.29) is 17.4 Å². The van der Waals surface area contributed by atoms with Crippen molar-refractivity contribution in [3.8, 4) is 0 Å². The van der Waals surface area contributed by atoms with E-state index < -0.39 is 12.1 Å². The third kappa shape index (κ3) is 4.41. The Labute approximate surface area is 178 Å². The van der Waals surface area contributed by atoms with Crippen LogP contribution in [0.5, 0.6) is 0 Å². The van der Waals surface area contributed by atoms with E-state index in [1.807, 2.05) is 12.1 Å². The molecule has 0 spiro atoms. The van der Waals surface area contributed by atoms with Gasteiger partial charge in [0.05, 0.1) is 13.2 Å². The van der Waals surface area contributed by atoms with E-state index in [1.165, 1.54) is 4.90 Å². The monoisotopic (exact) mass is 466 g/mol. The van der Waals surface area contributed by atoms with Crippen LogP contribution in [-0.4, -0.2) is 76.8 Å². The largest absolute Gasteiger partial charge is 0.465 e. The molecule has 1 saturated carbocycles. The zero-order valence-electron chi connectivity index (χ0n) is 16.6. The topological polar surface area (TPSA) is 95.0 Å². The number of carbonyl (C=O) groups is 2. The fraction of sp³-hybridized carbons (Fsp3) is 0.650. The summed E-state index contributed by atoms with van der Waals surface area (Å²) in [5.41, 5.74) is 0.901. The summed E-state index contributed by atoms with van der Waals surface area (Å²) in [5.74, 6) is 0.225. The summed E-state index contributed by atoms with van der Waals surface area (Å²) >= 11 is 3.37. The molecule has 0 aromatic carbocycles. The van der Waals surface area contributed by atoms with Crippen LogP contribution in [0.2, 0.25) is 0 Å². The second-order valence-electron chi connectivity index (χ2n) is 8.47. The first-order valence-corrected chi connectivity index (χ1v) is 10.9. The van der Waals surface area contributed by atoms with Crippen molar-refractivity contribution in [2.45, 2.75) is 44.7 Å². The zero-order valence-corrected chi connectivity index (χ0v) is 18.2. The number of rotatable bonds is 6. The van der Waals surface area contributed by atoms with Crippen molar-refractivity contribution >= 4 is 33.7 Å². The molecule has 2 N–H and O–H groups in total. The number of carbonyl (C=O) groups excluding carboxylic acids is 1. The molecule has 3 heterocycles. The van der Waals surface area contributed by atoms with Crippen molar-refractivity contribution in [2.24, 2.45) is 5.41 Å². The number of hydrogen-bond donors (Lipinski definition) is 2. The van der Waals surface area contributed by atoms with Gasteiger partial charge in [-0.1, -0.05) is 13.0 Å². The lowest BCUT2D eigenvalue weighted by Crippen LogP contribution is -2.45. The van der Waals surface area contributed by atoms with Gasteiger partial charge in [-0.3, -0.25) is 14.6 Å². The van der Waals surface area contributed by atoms with Gasteiger partial charge in [0.25, 0.3) is 0 Å². The quantitative estimate of drug-likeness (QED) is 0.625. The van der Waals surface area contributed by atoms with Gasteiger partial charge in [0.2, 0.25) is 5.91 Å². The standard InChI is InChI=1S/C20H27BrN4O4/c1-20-11-14(25(19(27)28)15(20)12-20)18(26)23-17-13(4-5-16(21)22-17)3-2-6-24-7-9-29-10-8-24/h4-5,14-15H,2-3,6-12H2,1H3,(H,27,28)(H,22,23,26). The van der Waals surface area contributed by atoms with Crippen molar-refractivity contribution in [3.05, 3.63) is 22.3 Å². The van der Waals surface area contributed by atoms with Gasteiger partial charge in [-0.05, 0) is 65.2 Å². The fourth-order valence-corrected chi connectivity index (χ4v) is 4.88. The zero-order chi connectivity index (χ0) is 20.6. The summed E-state index contributed by atoms with van der Waals surface area (Å²) < 4.78 is 6.02. The number of nitrogens with zero attached hydrogens (tertiary/aromatic N) is 3. The molecule has 1 aliphatic carbocycles. The number of pyridine rings is 1. The van der Waals surface area contributed by atoms with Gasteiger partial charge in [-0.2, -0.15) is 0 Å². The fourth-order valence-electron chi connectivity index (χ4n) is 4.57. The minimum atomic E-state index is -1.02. The van der Waals surface area contributed by atoms with Crippen LogP contribution in [0.25, 0.3) is 0 Å². The van der Waals surface area contributed by atoms with Gasteiger partial charge in [0.15, 0.2) is 0 Å². The molecular weight excluding hydrogens is 440 g/mol. The molecule has 9 heteroatoms. The van der Waals surface area contributed by atoms with E-state index in [9.17, 15) is 14.7 Å². The van der Waals surface area contributed by atoms with E-state index in [2.05, 4.69) is 38.1 Å². The maximum Gasteiger partial charge on any atom is 0.408 e. The average Bonchev–Trinajstić information content (AvgIpc) is 3.24. The first-order chi connectivity index (χ1) is 13.9. The number of carboxylic acid groups (broad SMARTS) is 1. The second kappa shape index (κ2) is 8.20. The van der Waals surface area contributed by atoms with Crippen molar-refractivity contribution in [1.29, 1.82) is 0 Å². The Bertz CT molecular complexity index is 801. The number of anilines is 1. The average molecular weight is 467 g/mol. The molecule has 29 heavy (non-hydrogen) atoms. The van der Waals surface area contributed by atoms with E-state index >= 15 is 0 Å². The van der Waals surface area contributed by atoms with E-state index in [0.717, 1.165) is 57.7 Å². The van der Waals surface area contributed by atoms with Gasteiger partial charge >= 0.3 is 6.09 Å². The highest BCUT2D eigenvalue weighted by Crippen LogP contribution is 2.59. The number of halogens is 1. The Hall–Kier alpha value is -1.71. The lowest BCUT2D eigenvalue weighted by atomic mass is 10.0. The second-order valence-corrected chi connectivity index (χ2v) is 9.28. The lowest BCUT2D eigenvalue weighted by Gasteiger charge is -2.26. The number of aromatic nitrogens is 1. The molecule has 0 radical (unpaired) electrons. The Morgan fingerprint density at radius 3 is 2.83 bits per heavy atom. The number of aryl methyl sites for hydroxylation is 1. The van der Waals surface area contributed by atoms with Gasteiger partial charge in [-0.15, -0.1) is 0 Å². The Balaban J connectivity index is 1.40. The number of nitrogens with one attached hydrogen (secondary N) is 1. The Morgan fingerprint density at radius 1 is 1.34 bits per heavy atom. The maximum absolute atomic E-state index is 12.9. The highest BCUT2D eigenvalue weighted by molar-refractivity contribution is 9.10. The molecule has 1 aromatic rings. The molecule has 3 unspecified atom stereocenters. The normalized spacial score (nSPS) is 28.8. The summed E-state index contributed by atoms with van der Waals surface area (Å²) in [4.78, 5) is 32.8. The summed E-state index contributed by atoms with van der Waals surface area (Å²) in [6.45, 7) is 6.49. The van der Waals surface area contributed by atoms with Crippen LogP contribution in [-0.2, 0) is 16.0 Å². The molecule has 4 rings (SSSR count). The molecule has 3 aliphatic rings. The third-order valence-corrected chi connectivity index (χ3v) is 6.81. The highest BCUT2D eigenvalue weighted by Gasteiger charge is 2.64. The SMILES string of the molecule is CC12CC(C(=O)Nc3nc(Br)ccc3CCCN3CCOCC3)N(C(=O)O)C1C2. The van der Waals surface area contributed by atoms with Gasteiger partial charge in [0, 0.05) is 19.1 Å². The molecule has 3 fully saturated rings. The predicted molar refractivity (Wildman–Crippen MR) is 111 cm³/mol. The molecule has 2 saturated heterocycles. The number of hydrogen-bond acceptors (Lipinski definition) is 5. The summed E-state index contributed by atoms with van der Waals surface area (Å²) in [6.07, 6.45) is 2.13. The van der Waals surface area contributed by atoms with Gasteiger partial charge in [-0.25, -0.2) is 9.78 Å². The van der Waals surface area contributed by atoms with E-state index in [0.29, 0.717) is 16.8 Å². The number of morpholine rings is 1. The molecule has 158 valence electrons. The van der Waals surface area contributed by atoms with Crippen molar-refractivity contribution < 1.29 is 19.4 Å².